The van der Waals surface area contributed by atoms with E-state index in [0.29, 0.717) is 18.5 Å². The Morgan fingerprint density at radius 1 is 1.48 bits per heavy atom. The third-order valence-electron chi connectivity index (χ3n) is 3.86. The van der Waals surface area contributed by atoms with Crippen molar-refractivity contribution in [2.75, 3.05) is 20.3 Å². The number of halogens is 2. The molecule has 6 heteroatoms. The van der Waals surface area contributed by atoms with Gasteiger partial charge in [-0.25, -0.2) is 8.78 Å². The van der Waals surface area contributed by atoms with Crippen molar-refractivity contribution in [2.24, 2.45) is 0 Å². The molecule has 21 heavy (non-hydrogen) atoms. The summed E-state index contributed by atoms with van der Waals surface area (Å²) in [5.74, 6) is -1.43. The molecule has 1 heterocycles. The lowest BCUT2D eigenvalue weighted by molar-refractivity contribution is -0.133. The molecule has 1 aliphatic rings. The van der Waals surface area contributed by atoms with Crippen LogP contribution in [0.25, 0.3) is 0 Å². The van der Waals surface area contributed by atoms with E-state index in [1.807, 2.05) is 0 Å². The maximum Gasteiger partial charge on any atom is 0.223 e. The zero-order valence-electron chi connectivity index (χ0n) is 11.9. The fourth-order valence-corrected chi connectivity index (χ4v) is 2.63. The summed E-state index contributed by atoms with van der Waals surface area (Å²) in [6, 6.07) is 3.09. The molecule has 1 N–H and O–H groups in total. The largest absolute Gasteiger partial charge is 0.394 e. The fourth-order valence-electron chi connectivity index (χ4n) is 2.63. The molecule has 1 aliphatic heterocycles. The van der Waals surface area contributed by atoms with Crippen LogP contribution in [0.4, 0.5) is 8.78 Å². The molecular formula is C15H19F2NO3. The Labute approximate surface area is 122 Å². The summed E-state index contributed by atoms with van der Waals surface area (Å²) in [5, 5.41) is 9.31. The molecule has 1 saturated heterocycles. The molecule has 1 fully saturated rings. The Hall–Kier alpha value is -1.53. The number of carbonyl (C=O) groups is 1. The maximum atomic E-state index is 13.5. The van der Waals surface area contributed by atoms with E-state index in [1.54, 1.807) is 12.0 Å². The third-order valence-corrected chi connectivity index (χ3v) is 3.86. The molecule has 0 aliphatic carbocycles. The topological polar surface area (TPSA) is 49.8 Å². The second-order valence-corrected chi connectivity index (χ2v) is 5.21. The SMILES string of the molecule is CO[C@H]1C[C@@H](CO)N(C(=O)CCc2ccc(F)cc2F)C1. The molecule has 0 aromatic heterocycles. The van der Waals surface area contributed by atoms with Crippen molar-refractivity contribution in [1.29, 1.82) is 0 Å². The minimum Gasteiger partial charge on any atom is -0.394 e. The molecular weight excluding hydrogens is 280 g/mol. The smallest absolute Gasteiger partial charge is 0.223 e. The van der Waals surface area contributed by atoms with Crippen LogP contribution in [0.5, 0.6) is 0 Å². The van der Waals surface area contributed by atoms with E-state index in [1.165, 1.54) is 12.1 Å². The van der Waals surface area contributed by atoms with Gasteiger partial charge in [0.05, 0.1) is 18.8 Å². The molecule has 0 radical (unpaired) electrons. The second-order valence-electron chi connectivity index (χ2n) is 5.21. The van der Waals surface area contributed by atoms with Gasteiger partial charge in [-0.05, 0) is 24.5 Å². The van der Waals surface area contributed by atoms with Gasteiger partial charge in [0.2, 0.25) is 5.91 Å². The summed E-state index contributed by atoms with van der Waals surface area (Å²) < 4.78 is 31.5. The molecule has 2 rings (SSSR count). The number of hydrogen-bond donors (Lipinski definition) is 1. The van der Waals surface area contributed by atoms with Crippen LogP contribution < -0.4 is 0 Å². The van der Waals surface area contributed by atoms with Gasteiger partial charge in [-0.2, -0.15) is 0 Å². The number of aliphatic hydroxyl groups excluding tert-OH is 1. The minimum atomic E-state index is -0.641. The predicted octanol–water partition coefficient (Wildman–Crippen LogP) is 1.51. The molecule has 1 aromatic rings. The number of ether oxygens (including phenoxy) is 1. The molecule has 0 spiro atoms. The Morgan fingerprint density at radius 2 is 2.24 bits per heavy atom. The molecule has 1 aromatic carbocycles. The monoisotopic (exact) mass is 299 g/mol. The normalized spacial score (nSPS) is 21.8. The third kappa shape index (κ3) is 3.77. The van der Waals surface area contributed by atoms with E-state index in [2.05, 4.69) is 0 Å². The van der Waals surface area contributed by atoms with Crippen molar-refractivity contribution in [3.05, 3.63) is 35.4 Å². The quantitative estimate of drug-likeness (QED) is 0.896. The number of nitrogens with zero attached hydrogens (tertiary/aromatic N) is 1. The van der Waals surface area contributed by atoms with Gasteiger partial charge in [0.25, 0.3) is 0 Å². The molecule has 116 valence electrons. The van der Waals surface area contributed by atoms with Crippen molar-refractivity contribution in [3.8, 4) is 0 Å². The molecule has 0 bridgehead atoms. The number of rotatable bonds is 5. The number of amides is 1. The van der Waals surface area contributed by atoms with Crippen LogP contribution in [0.15, 0.2) is 18.2 Å². The van der Waals surface area contributed by atoms with Gasteiger partial charge in [-0.15, -0.1) is 0 Å². The number of aryl methyl sites for hydroxylation is 1. The minimum absolute atomic E-state index is 0.0753. The van der Waals surface area contributed by atoms with E-state index < -0.39 is 11.6 Å². The summed E-state index contributed by atoms with van der Waals surface area (Å²) >= 11 is 0. The average molecular weight is 299 g/mol. The standard InChI is InChI=1S/C15H19F2NO3/c1-21-13-7-12(9-19)18(8-13)15(20)5-3-10-2-4-11(16)6-14(10)17/h2,4,6,12-13,19H,3,5,7-9H2,1H3/t12-,13-/m0/s1. The number of methoxy groups -OCH3 is 1. The van der Waals surface area contributed by atoms with E-state index in [0.717, 1.165) is 6.07 Å². The van der Waals surface area contributed by atoms with Gasteiger partial charge < -0.3 is 14.7 Å². The molecule has 0 saturated carbocycles. The van der Waals surface area contributed by atoms with E-state index in [4.69, 9.17) is 4.74 Å². The van der Waals surface area contributed by atoms with Gasteiger partial charge in [0.15, 0.2) is 0 Å². The van der Waals surface area contributed by atoms with Gasteiger partial charge in [-0.3, -0.25) is 4.79 Å². The van der Waals surface area contributed by atoms with E-state index in [9.17, 15) is 18.7 Å². The van der Waals surface area contributed by atoms with Gasteiger partial charge in [0.1, 0.15) is 11.6 Å². The first-order valence-electron chi connectivity index (χ1n) is 6.92. The van der Waals surface area contributed by atoms with Crippen molar-refractivity contribution in [2.45, 2.75) is 31.4 Å². The summed E-state index contributed by atoms with van der Waals surface area (Å²) in [5.41, 5.74) is 0.313. The Kier molecular flexibility index (Phi) is 5.25. The second kappa shape index (κ2) is 6.95. The highest BCUT2D eigenvalue weighted by atomic mass is 19.1. The Bertz CT molecular complexity index is 510. The highest BCUT2D eigenvalue weighted by Gasteiger charge is 2.34. The van der Waals surface area contributed by atoms with Gasteiger partial charge in [0, 0.05) is 26.1 Å². The van der Waals surface area contributed by atoms with Crippen molar-refractivity contribution in [1.82, 2.24) is 4.90 Å². The maximum absolute atomic E-state index is 13.5. The predicted molar refractivity (Wildman–Crippen MR) is 72.7 cm³/mol. The zero-order valence-corrected chi connectivity index (χ0v) is 11.9. The zero-order chi connectivity index (χ0) is 15.4. The lowest BCUT2D eigenvalue weighted by atomic mass is 10.1. The number of carbonyl (C=O) groups excluding carboxylic acids is 1. The van der Waals surface area contributed by atoms with Crippen LogP contribution in [0, 0.1) is 11.6 Å². The highest BCUT2D eigenvalue weighted by Crippen LogP contribution is 2.21. The lowest BCUT2D eigenvalue weighted by Crippen LogP contribution is -2.38. The first-order valence-corrected chi connectivity index (χ1v) is 6.92. The Balaban J connectivity index is 1.95. The average Bonchev–Trinajstić information content (AvgIpc) is 2.89. The van der Waals surface area contributed by atoms with Crippen LogP contribution in [-0.2, 0) is 16.0 Å². The Morgan fingerprint density at radius 3 is 2.86 bits per heavy atom. The van der Waals surface area contributed by atoms with Crippen LogP contribution >= 0.6 is 0 Å². The number of hydrogen-bond acceptors (Lipinski definition) is 3. The molecule has 0 unspecified atom stereocenters. The van der Waals surface area contributed by atoms with Crippen molar-refractivity contribution < 1.29 is 23.4 Å². The fraction of sp³-hybridized carbons (Fsp3) is 0.533. The summed E-state index contributed by atoms with van der Waals surface area (Å²) in [6.07, 6.45) is 0.852. The molecule has 4 nitrogen and oxygen atoms in total. The number of benzene rings is 1. The first kappa shape index (κ1) is 15.9. The number of aliphatic hydroxyl groups is 1. The number of likely N-dealkylation sites (tertiary alicyclic amines) is 1. The summed E-state index contributed by atoms with van der Waals surface area (Å²) in [4.78, 5) is 13.8. The molecule has 1 amide bonds. The lowest BCUT2D eigenvalue weighted by Gasteiger charge is -2.22. The van der Waals surface area contributed by atoms with Gasteiger partial charge >= 0.3 is 0 Å². The summed E-state index contributed by atoms with van der Waals surface area (Å²) in [7, 11) is 1.57. The van der Waals surface area contributed by atoms with Crippen LogP contribution in [0.2, 0.25) is 0 Å². The first-order chi connectivity index (χ1) is 10.0. The van der Waals surface area contributed by atoms with Crippen molar-refractivity contribution in [3.63, 3.8) is 0 Å². The van der Waals surface area contributed by atoms with Crippen LogP contribution in [0.1, 0.15) is 18.4 Å². The highest BCUT2D eigenvalue weighted by molar-refractivity contribution is 5.77. The van der Waals surface area contributed by atoms with Crippen molar-refractivity contribution >= 4 is 5.91 Å². The van der Waals surface area contributed by atoms with Crippen LogP contribution in [0.3, 0.4) is 0 Å². The molecule has 2 atom stereocenters. The summed E-state index contributed by atoms with van der Waals surface area (Å²) in [6.45, 7) is 0.322. The van der Waals surface area contributed by atoms with E-state index >= 15 is 0 Å². The van der Waals surface area contributed by atoms with Gasteiger partial charge in [-0.1, -0.05) is 6.07 Å². The van der Waals surface area contributed by atoms with E-state index in [-0.39, 0.29) is 37.5 Å². The van der Waals surface area contributed by atoms with Crippen LogP contribution in [-0.4, -0.2) is 48.3 Å².